The van der Waals surface area contributed by atoms with Crippen molar-refractivity contribution in [2.24, 2.45) is 5.92 Å². The summed E-state index contributed by atoms with van der Waals surface area (Å²) >= 11 is 0. The van der Waals surface area contributed by atoms with E-state index in [2.05, 4.69) is 4.90 Å². The van der Waals surface area contributed by atoms with Crippen LogP contribution >= 0.6 is 0 Å². The third-order valence-corrected chi connectivity index (χ3v) is 4.37. The van der Waals surface area contributed by atoms with Crippen LogP contribution in [0.3, 0.4) is 0 Å². The number of hydrogen-bond acceptors (Lipinski definition) is 5. The van der Waals surface area contributed by atoms with E-state index in [1.165, 1.54) is 0 Å². The first-order chi connectivity index (χ1) is 11.7. The molecular weight excluding hydrogens is 306 g/mol. The van der Waals surface area contributed by atoms with Gasteiger partial charge >= 0.3 is 5.97 Å². The summed E-state index contributed by atoms with van der Waals surface area (Å²) in [7, 11) is 0. The van der Waals surface area contributed by atoms with Crippen LogP contribution in [0, 0.1) is 5.92 Å². The van der Waals surface area contributed by atoms with Gasteiger partial charge in [0.2, 0.25) is 0 Å². The second kappa shape index (κ2) is 7.34. The molecule has 0 N–H and O–H groups in total. The third-order valence-electron chi connectivity index (χ3n) is 4.37. The first kappa shape index (κ1) is 16.3. The van der Waals surface area contributed by atoms with E-state index in [0.717, 1.165) is 37.2 Å². The van der Waals surface area contributed by atoms with Crippen molar-refractivity contribution in [1.82, 2.24) is 0 Å². The summed E-state index contributed by atoms with van der Waals surface area (Å²) in [4.78, 5) is 25.0. The molecule has 0 radical (unpaired) electrons. The monoisotopic (exact) mass is 327 g/mol. The lowest BCUT2D eigenvalue weighted by molar-refractivity contribution is -0.148. The number of aldehydes is 1. The summed E-state index contributed by atoms with van der Waals surface area (Å²) in [6.07, 6.45) is 2.27. The van der Waals surface area contributed by atoms with Gasteiger partial charge in [-0.3, -0.25) is 9.59 Å². The summed E-state index contributed by atoms with van der Waals surface area (Å²) in [6.45, 7) is 3.85. The molecule has 1 saturated heterocycles. The zero-order chi connectivity index (χ0) is 16.9. The number of piperidine rings is 1. The molecule has 5 nitrogen and oxygen atoms in total. The van der Waals surface area contributed by atoms with Crippen molar-refractivity contribution in [2.75, 3.05) is 24.6 Å². The van der Waals surface area contributed by atoms with Gasteiger partial charge in [-0.15, -0.1) is 0 Å². The molecule has 1 aliphatic rings. The Morgan fingerprint density at radius 3 is 2.67 bits per heavy atom. The Kier molecular flexibility index (Phi) is 4.99. The van der Waals surface area contributed by atoms with Crippen LogP contribution in [0.15, 0.2) is 40.8 Å². The number of para-hydroxylation sites is 1. The highest BCUT2D eigenvalue weighted by Gasteiger charge is 2.27. The minimum atomic E-state index is -0.0907. The van der Waals surface area contributed by atoms with E-state index in [-0.39, 0.29) is 11.9 Å². The quantitative estimate of drug-likeness (QED) is 0.621. The number of nitrogens with zero attached hydrogens (tertiary/aromatic N) is 1. The molecule has 0 saturated carbocycles. The summed E-state index contributed by atoms with van der Waals surface area (Å²) in [5.41, 5.74) is 2.02. The van der Waals surface area contributed by atoms with E-state index in [4.69, 9.17) is 9.15 Å². The smallest absolute Gasteiger partial charge is 0.309 e. The van der Waals surface area contributed by atoms with E-state index >= 15 is 0 Å². The van der Waals surface area contributed by atoms with E-state index in [1.54, 1.807) is 6.07 Å². The zero-order valence-electron chi connectivity index (χ0n) is 13.7. The van der Waals surface area contributed by atoms with Gasteiger partial charge < -0.3 is 14.1 Å². The Labute approximate surface area is 141 Å². The van der Waals surface area contributed by atoms with Gasteiger partial charge in [0.05, 0.1) is 12.5 Å². The standard InChI is InChI=1S/C19H21NO4/c1-2-23-19(22)14-9-11-20(12-10-14)17-6-4-3-5-16(17)18-8-7-15(13-21)24-18/h3-8,13-14H,2,9-12H2,1H3. The van der Waals surface area contributed by atoms with Crippen LogP contribution in [0.2, 0.25) is 0 Å². The molecule has 5 heteroatoms. The van der Waals surface area contributed by atoms with Crippen LogP contribution in [0.4, 0.5) is 5.69 Å². The van der Waals surface area contributed by atoms with E-state index in [9.17, 15) is 9.59 Å². The predicted molar refractivity (Wildman–Crippen MR) is 91.1 cm³/mol. The first-order valence-electron chi connectivity index (χ1n) is 8.29. The molecule has 2 heterocycles. The second-order valence-corrected chi connectivity index (χ2v) is 5.85. The van der Waals surface area contributed by atoms with E-state index in [1.807, 2.05) is 37.3 Å². The molecule has 0 unspecified atom stereocenters. The summed E-state index contributed by atoms with van der Waals surface area (Å²) in [5.74, 6) is 0.895. The lowest BCUT2D eigenvalue weighted by Gasteiger charge is -2.33. The van der Waals surface area contributed by atoms with Crippen molar-refractivity contribution in [3.05, 3.63) is 42.2 Å². The summed E-state index contributed by atoms with van der Waals surface area (Å²) in [5, 5.41) is 0. The van der Waals surface area contributed by atoms with Crippen molar-refractivity contribution in [3.8, 4) is 11.3 Å². The minimum absolute atomic E-state index is 0.0151. The SMILES string of the molecule is CCOC(=O)C1CCN(c2ccccc2-c2ccc(C=O)o2)CC1. The van der Waals surface area contributed by atoms with Crippen LogP contribution in [0.1, 0.15) is 30.3 Å². The van der Waals surface area contributed by atoms with Crippen molar-refractivity contribution in [1.29, 1.82) is 0 Å². The molecule has 24 heavy (non-hydrogen) atoms. The number of hydrogen-bond donors (Lipinski definition) is 0. The summed E-state index contributed by atoms with van der Waals surface area (Å²) in [6, 6.07) is 11.5. The minimum Gasteiger partial charge on any atom is -0.466 e. The Balaban J connectivity index is 1.77. The average Bonchev–Trinajstić information content (AvgIpc) is 3.11. The van der Waals surface area contributed by atoms with Crippen LogP contribution < -0.4 is 4.90 Å². The molecule has 0 aliphatic carbocycles. The zero-order valence-corrected chi connectivity index (χ0v) is 13.7. The highest BCUT2D eigenvalue weighted by Crippen LogP contribution is 2.34. The second-order valence-electron chi connectivity index (χ2n) is 5.85. The molecule has 1 aromatic heterocycles. The topological polar surface area (TPSA) is 59.8 Å². The molecule has 2 aromatic rings. The average molecular weight is 327 g/mol. The highest BCUT2D eigenvalue weighted by molar-refractivity contribution is 5.79. The Hall–Kier alpha value is -2.56. The molecule has 1 aliphatic heterocycles. The fourth-order valence-electron chi connectivity index (χ4n) is 3.13. The number of esters is 1. The molecule has 1 aromatic carbocycles. The van der Waals surface area contributed by atoms with E-state index < -0.39 is 0 Å². The number of anilines is 1. The lowest BCUT2D eigenvalue weighted by Crippen LogP contribution is -2.37. The highest BCUT2D eigenvalue weighted by atomic mass is 16.5. The number of rotatable bonds is 5. The molecule has 0 atom stereocenters. The Morgan fingerprint density at radius 1 is 1.25 bits per heavy atom. The Bertz CT molecular complexity index is 714. The van der Waals surface area contributed by atoms with Crippen LogP contribution in [0.25, 0.3) is 11.3 Å². The van der Waals surface area contributed by atoms with Gasteiger partial charge in [0.1, 0.15) is 5.76 Å². The predicted octanol–water partition coefficient (Wildman–Crippen LogP) is 3.54. The normalized spacial score (nSPS) is 15.3. The van der Waals surface area contributed by atoms with Crippen molar-refractivity contribution >= 4 is 17.9 Å². The number of furan rings is 1. The largest absolute Gasteiger partial charge is 0.466 e. The van der Waals surface area contributed by atoms with Crippen molar-refractivity contribution in [3.63, 3.8) is 0 Å². The number of carbonyl (C=O) groups is 2. The third kappa shape index (κ3) is 3.35. The maximum Gasteiger partial charge on any atom is 0.309 e. The summed E-state index contributed by atoms with van der Waals surface area (Å²) < 4.78 is 10.7. The maximum absolute atomic E-state index is 11.9. The number of benzene rings is 1. The van der Waals surface area contributed by atoms with E-state index in [0.29, 0.717) is 24.4 Å². The van der Waals surface area contributed by atoms with Crippen molar-refractivity contribution in [2.45, 2.75) is 19.8 Å². The van der Waals surface area contributed by atoms with Crippen LogP contribution in [0.5, 0.6) is 0 Å². The van der Waals surface area contributed by atoms with Crippen LogP contribution in [-0.2, 0) is 9.53 Å². The molecule has 3 rings (SSSR count). The maximum atomic E-state index is 11.9. The molecule has 0 spiro atoms. The lowest BCUT2D eigenvalue weighted by atomic mass is 9.96. The fourth-order valence-corrected chi connectivity index (χ4v) is 3.13. The van der Waals surface area contributed by atoms with Crippen molar-refractivity contribution < 1.29 is 18.7 Å². The number of ether oxygens (including phenoxy) is 1. The molecule has 0 amide bonds. The Morgan fingerprint density at radius 2 is 2.00 bits per heavy atom. The number of carbonyl (C=O) groups excluding carboxylic acids is 2. The fraction of sp³-hybridized carbons (Fsp3) is 0.368. The van der Waals surface area contributed by atoms with Gasteiger partial charge in [0, 0.05) is 24.3 Å². The van der Waals surface area contributed by atoms with Gasteiger partial charge in [-0.1, -0.05) is 12.1 Å². The van der Waals surface area contributed by atoms with Gasteiger partial charge in [0.25, 0.3) is 0 Å². The molecule has 1 fully saturated rings. The van der Waals surface area contributed by atoms with Gasteiger partial charge in [-0.25, -0.2) is 0 Å². The van der Waals surface area contributed by atoms with Gasteiger partial charge in [0.15, 0.2) is 12.0 Å². The molecule has 0 bridgehead atoms. The van der Waals surface area contributed by atoms with Gasteiger partial charge in [-0.2, -0.15) is 0 Å². The molecular formula is C19H21NO4. The van der Waals surface area contributed by atoms with Crippen LogP contribution in [-0.4, -0.2) is 32.0 Å². The first-order valence-corrected chi connectivity index (χ1v) is 8.29. The van der Waals surface area contributed by atoms with Gasteiger partial charge in [-0.05, 0) is 44.0 Å². The molecule has 126 valence electrons.